The summed E-state index contributed by atoms with van der Waals surface area (Å²) in [5.41, 5.74) is 0.658. The van der Waals surface area contributed by atoms with Gasteiger partial charge in [-0.05, 0) is 45.0 Å². The Morgan fingerprint density at radius 2 is 2.17 bits per heavy atom. The molecule has 0 radical (unpaired) electrons. The van der Waals surface area contributed by atoms with Crippen molar-refractivity contribution in [3.8, 4) is 5.75 Å². The van der Waals surface area contributed by atoms with Crippen LogP contribution in [0.3, 0.4) is 0 Å². The van der Waals surface area contributed by atoms with Crippen molar-refractivity contribution in [1.29, 1.82) is 0 Å². The molecule has 1 amide bonds. The minimum Gasteiger partial charge on any atom is -0.491 e. The van der Waals surface area contributed by atoms with E-state index in [0.717, 1.165) is 25.8 Å². The van der Waals surface area contributed by atoms with E-state index >= 15 is 0 Å². The summed E-state index contributed by atoms with van der Waals surface area (Å²) in [6.07, 6.45) is 5.16. The number of hydrogen-bond acceptors (Lipinski definition) is 4. The zero-order chi connectivity index (χ0) is 16.5. The highest BCUT2D eigenvalue weighted by molar-refractivity contribution is 5.86. The molecule has 1 heterocycles. The molecule has 0 aromatic heterocycles. The molecule has 1 fully saturated rings. The molecule has 1 aromatic carbocycles. The van der Waals surface area contributed by atoms with Gasteiger partial charge < -0.3 is 14.4 Å². The number of unbranched alkanes of at least 4 members (excludes halogenated alkanes) is 1. The lowest BCUT2D eigenvalue weighted by molar-refractivity contribution is 0.0907. The van der Waals surface area contributed by atoms with Crippen LogP contribution < -0.4 is 10.1 Å². The molecule has 1 aromatic rings. The number of carbonyl (C=O) groups excluding carboxylic acids is 1. The van der Waals surface area contributed by atoms with Gasteiger partial charge in [-0.3, -0.25) is 5.32 Å². The highest BCUT2D eigenvalue weighted by atomic mass is 16.5. The molecule has 2 rings (SSSR count). The standard InChI is InChI=1S/C18H28N2O3/c1-3-4-13-22-17-11-6-5-10-16(17)19-18(21)23-14-15-9-7-8-12-20(15)2/h5-6,10-11,15H,3-4,7-9,12-14H2,1-2H3,(H,19,21). The van der Waals surface area contributed by atoms with Crippen molar-refractivity contribution in [2.75, 3.05) is 32.1 Å². The second-order valence-corrected chi connectivity index (χ2v) is 6.05. The van der Waals surface area contributed by atoms with Gasteiger partial charge in [0.25, 0.3) is 0 Å². The molecule has 0 aliphatic carbocycles. The summed E-state index contributed by atoms with van der Waals surface area (Å²) in [6, 6.07) is 7.78. The number of nitrogens with zero attached hydrogens (tertiary/aromatic N) is 1. The van der Waals surface area contributed by atoms with Crippen LogP contribution in [0.2, 0.25) is 0 Å². The van der Waals surface area contributed by atoms with Crippen molar-refractivity contribution in [2.45, 2.75) is 45.1 Å². The topological polar surface area (TPSA) is 50.8 Å². The largest absolute Gasteiger partial charge is 0.491 e. The van der Waals surface area contributed by atoms with Crippen molar-refractivity contribution >= 4 is 11.8 Å². The van der Waals surface area contributed by atoms with Crippen molar-refractivity contribution in [3.05, 3.63) is 24.3 Å². The van der Waals surface area contributed by atoms with Crippen molar-refractivity contribution in [1.82, 2.24) is 4.90 Å². The predicted octanol–water partition coefficient (Wildman–Crippen LogP) is 3.90. The fraction of sp³-hybridized carbons (Fsp3) is 0.611. The molecule has 1 unspecified atom stereocenters. The van der Waals surface area contributed by atoms with E-state index in [1.165, 1.54) is 12.8 Å². The number of ether oxygens (including phenoxy) is 2. The fourth-order valence-corrected chi connectivity index (χ4v) is 2.69. The van der Waals surface area contributed by atoms with E-state index < -0.39 is 6.09 Å². The molecule has 1 N–H and O–H groups in total. The summed E-state index contributed by atoms with van der Waals surface area (Å²) in [7, 11) is 2.09. The molecule has 128 valence electrons. The van der Waals surface area contributed by atoms with E-state index in [4.69, 9.17) is 9.47 Å². The lowest BCUT2D eigenvalue weighted by atomic mass is 10.0. The first-order valence-electron chi connectivity index (χ1n) is 8.56. The number of likely N-dealkylation sites (tertiary alicyclic amines) is 1. The van der Waals surface area contributed by atoms with Crippen LogP contribution in [0.15, 0.2) is 24.3 Å². The Labute approximate surface area is 139 Å². The van der Waals surface area contributed by atoms with E-state index in [1.54, 1.807) is 0 Å². The second-order valence-electron chi connectivity index (χ2n) is 6.05. The van der Waals surface area contributed by atoms with E-state index in [1.807, 2.05) is 24.3 Å². The van der Waals surface area contributed by atoms with Crippen LogP contribution in [0.1, 0.15) is 39.0 Å². The smallest absolute Gasteiger partial charge is 0.411 e. The lowest BCUT2D eigenvalue weighted by Gasteiger charge is -2.31. The SMILES string of the molecule is CCCCOc1ccccc1NC(=O)OCC1CCCCN1C. The van der Waals surface area contributed by atoms with Gasteiger partial charge in [0.15, 0.2) is 0 Å². The summed E-state index contributed by atoms with van der Waals surface area (Å²) in [4.78, 5) is 14.3. The van der Waals surface area contributed by atoms with Gasteiger partial charge in [-0.15, -0.1) is 0 Å². The van der Waals surface area contributed by atoms with Crippen molar-refractivity contribution in [3.63, 3.8) is 0 Å². The number of hydrogen-bond donors (Lipinski definition) is 1. The van der Waals surface area contributed by atoms with Gasteiger partial charge >= 0.3 is 6.09 Å². The Morgan fingerprint density at radius 3 is 2.96 bits per heavy atom. The van der Waals surface area contributed by atoms with Crippen molar-refractivity contribution < 1.29 is 14.3 Å². The van der Waals surface area contributed by atoms with Crippen LogP contribution in [0, 0.1) is 0 Å². The third-order valence-corrected chi connectivity index (χ3v) is 4.21. The quantitative estimate of drug-likeness (QED) is 0.774. The van der Waals surface area contributed by atoms with Gasteiger partial charge in [0.1, 0.15) is 12.4 Å². The van der Waals surface area contributed by atoms with Crippen LogP contribution in [0.5, 0.6) is 5.75 Å². The molecule has 5 heteroatoms. The lowest BCUT2D eigenvalue weighted by Crippen LogP contribution is -2.40. The van der Waals surface area contributed by atoms with E-state index in [9.17, 15) is 4.79 Å². The van der Waals surface area contributed by atoms with E-state index in [-0.39, 0.29) is 0 Å². The third kappa shape index (κ3) is 5.75. The van der Waals surface area contributed by atoms with E-state index in [0.29, 0.717) is 30.7 Å². The molecular weight excluding hydrogens is 292 g/mol. The Bertz CT molecular complexity index is 493. The van der Waals surface area contributed by atoms with Gasteiger partial charge in [0.05, 0.1) is 12.3 Å². The number of amides is 1. The first kappa shape index (κ1) is 17.6. The van der Waals surface area contributed by atoms with Crippen molar-refractivity contribution in [2.24, 2.45) is 0 Å². The van der Waals surface area contributed by atoms with Crippen LogP contribution in [-0.2, 0) is 4.74 Å². The average Bonchev–Trinajstić information content (AvgIpc) is 2.56. The summed E-state index contributed by atoms with van der Waals surface area (Å²) in [5, 5.41) is 2.79. The normalized spacial score (nSPS) is 18.4. The number of likely N-dealkylation sites (N-methyl/N-ethyl adjacent to an activating group) is 1. The Hall–Kier alpha value is -1.75. The van der Waals surface area contributed by atoms with Crippen LogP contribution in [0.25, 0.3) is 0 Å². The predicted molar refractivity (Wildman–Crippen MR) is 92.1 cm³/mol. The highest BCUT2D eigenvalue weighted by Gasteiger charge is 2.20. The molecular formula is C18H28N2O3. The number of benzene rings is 1. The number of carbonyl (C=O) groups is 1. The molecule has 1 aliphatic rings. The first-order chi connectivity index (χ1) is 11.2. The maximum atomic E-state index is 12.0. The third-order valence-electron chi connectivity index (χ3n) is 4.21. The van der Waals surface area contributed by atoms with Gasteiger partial charge in [-0.2, -0.15) is 0 Å². The van der Waals surface area contributed by atoms with E-state index in [2.05, 4.69) is 24.2 Å². The van der Waals surface area contributed by atoms with Crippen LogP contribution in [-0.4, -0.2) is 43.8 Å². The summed E-state index contributed by atoms with van der Waals surface area (Å²) >= 11 is 0. The first-order valence-corrected chi connectivity index (χ1v) is 8.56. The Morgan fingerprint density at radius 1 is 1.35 bits per heavy atom. The highest BCUT2D eigenvalue weighted by Crippen LogP contribution is 2.24. The zero-order valence-corrected chi connectivity index (χ0v) is 14.2. The Kier molecular flexibility index (Phi) is 7.20. The molecule has 5 nitrogen and oxygen atoms in total. The van der Waals surface area contributed by atoms with Crippen LogP contribution in [0.4, 0.5) is 10.5 Å². The number of rotatable bonds is 7. The zero-order valence-electron chi connectivity index (χ0n) is 14.2. The summed E-state index contributed by atoms with van der Waals surface area (Å²) in [6.45, 7) is 4.27. The number of piperidine rings is 1. The summed E-state index contributed by atoms with van der Waals surface area (Å²) in [5.74, 6) is 0.688. The second kappa shape index (κ2) is 9.40. The molecule has 0 spiro atoms. The molecule has 1 aliphatic heterocycles. The molecule has 23 heavy (non-hydrogen) atoms. The fourth-order valence-electron chi connectivity index (χ4n) is 2.69. The molecule has 0 saturated carbocycles. The minimum absolute atomic E-state index is 0.325. The Balaban J connectivity index is 1.82. The van der Waals surface area contributed by atoms with Gasteiger partial charge in [0.2, 0.25) is 0 Å². The number of para-hydroxylation sites is 2. The average molecular weight is 320 g/mol. The maximum Gasteiger partial charge on any atom is 0.411 e. The minimum atomic E-state index is -0.421. The molecule has 1 saturated heterocycles. The van der Waals surface area contributed by atoms with Gasteiger partial charge in [-0.25, -0.2) is 4.79 Å². The van der Waals surface area contributed by atoms with Crippen LogP contribution >= 0.6 is 0 Å². The summed E-state index contributed by atoms with van der Waals surface area (Å²) < 4.78 is 11.1. The number of anilines is 1. The van der Waals surface area contributed by atoms with Gasteiger partial charge in [-0.1, -0.05) is 31.9 Å². The molecule has 1 atom stereocenters. The molecule has 0 bridgehead atoms. The monoisotopic (exact) mass is 320 g/mol. The maximum absolute atomic E-state index is 12.0. The number of nitrogens with one attached hydrogen (secondary N) is 1. The van der Waals surface area contributed by atoms with Gasteiger partial charge in [0, 0.05) is 6.04 Å².